The lowest BCUT2D eigenvalue weighted by atomic mass is 10.0. The minimum atomic E-state index is -1.47. The lowest BCUT2D eigenvalue weighted by Gasteiger charge is -2.26. The Hall–Kier alpha value is -3.42. The molecule has 0 saturated heterocycles. The van der Waals surface area contributed by atoms with Crippen molar-refractivity contribution in [3.05, 3.63) is 0 Å². The highest BCUT2D eigenvalue weighted by Crippen LogP contribution is 2.07. The number of carboxylic acids is 2. The van der Waals surface area contributed by atoms with E-state index in [0.717, 1.165) is 0 Å². The fourth-order valence-electron chi connectivity index (χ4n) is 2.65. The molecule has 14 nitrogen and oxygen atoms in total. The summed E-state index contributed by atoms with van der Waals surface area (Å²) in [5.74, 6) is -5.19. The van der Waals surface area contributed by atoms with Gasteiger partial charge in [0, 0.05) is 13.0 Å². The van der Waals surface area contributed by atoms with Gasteiger partial charge in [-0.2, -0.15) is 0 Å². The second-order valence-corrected chi connectivity index (χ2v) is 7.86. The Morgan fingerprint density at radius 3 is 1.88 bits per heavy atom. The fraction of sp³-hybridized carbons (Fsp3) is 0.684. The average molecular weight is 474 g/mol. The highest BCUT2D eigenvalue weighted by Gasteiger charge is 2.31. The summed E-state index contributed by atoms with van der Waals surface area (Å²) >= 11 is 0. The largest absolute Gasteiger partial charge is 0.481 e. The van der Waals surface area contributed by atoms with Crippen LogP contribution in [0.3, 0.4) is 0 Å². The predicted molar refractivity (Wildman–Crippen MR) is 119 cm³/mol. The maximum absolute atomic E-state index is 12.8. The third-order valence-electron chi connectivity index (χ3n) is 4.50. The Kier molecular flexibility index (Phi) is 13.1. The SMILES string of the molecule is CC(N)C(=O)NC(C(=O)NC(CCCN=C(N)N)C(=O)NC(CCC(=O)O)C(=O)O)C(C)C. The first kappa shape index (κ1) is 29.6. The Bertz CT molecular complexity index is 736. The molecular formula is C19H35N7O7. The zero-order valence-corrected chi connectivity index (χ0v) is 19.0. The first-order valence-corrected chi connectivity index (χ1v) is 10.4. The summed E-state index contributed by atoms with van der Waals surface area (Å²) in [6.07, 6.45) is -0.505. The molecule has 4 unspecified atom stereocenters. The average Bonchev–Trinajstić information content (AvgIpc) is 2.69. The molecule has 0 radical (unpaired) electrons. The van der Waals surface area contributed by atoms with Crippen LogP contribution < -0.4 is 33.2 Å². The van der Waals surface area contributed by atoms with Gasteiger partial charge in [-0.25, -0.2) is 4.79 Å². The molecule has 0 aromatic carbocycles. The van der Waals surface area contributed by atoms with Gasteiger partial charge in [-0.3, -0.25) is 24.2 Å². The Labute approximate surface area is 191 Å². The number of guanidine groups is 1. The summed E-state index contributed by atoms with van der Waals surface area (Å²) in [6, 6.07) is -4.52. The van der Waals surface area contributed by atoms with Crippen LogP contribution in [-0.2, 0) is 24.0 Å². The Morgan fingerprint density at radius 1 is 0.848 bits per heavy atom. The number of nitrogens with one attached hydrogen (secondary N) is 3. The van der Waals surface area contributed by atoms with Gasteiger partial charge in [0.1, 0.15) is 18.1 Å². The van der Waals surface area contributed by atoms with Crippen molar-refractivity contribution in [3.8, 4) is 0 Å². The molecule has 4 atom stereocenters. The number of hydrogen-bond acceptors (Lipinski definition) is 7. The van der Waals surface area contributed by atoms with E-state index in [0.29, 0.717) is 0 Å². The van der Waals surface area contributed by atoms with E-state index in [9.17, 15) is 29.1 Å². The zero-order chi connectivity index (χ0) is 25.7. The van der Waals surface area contributed by atoms with Gasteiger partial charge < -0.3 is 43.4 Å². The van der Waals surface area contributed by atoms with Crippen LogP contribution in [0.25, 0.3) is 0 Å². The number of nitrogens with zero attached hydrogens (tertiary/aromatic N) is 1. The smallest absolute Gasteiger partial charge is 0.326 e. The monoisotopic (exact) mass is 473 g/mol. The molecule has 0 rings (SSSR count). The van der Waals surface area contributed by atoms with E-state index in [1.165, 1.54) is 6.92 Å². The Balaban J connectivity index is 5.51. The van der Waals surface area contributed by atoms with Crippen LogP contribution in [0.1, 0.15) is 46.5 Å². The predicted octanol–water partition coefficient (Wildman–Crippen LogP) is -2.55. The second-order valence-electron chi connectivity index (χ2n) is 7.86. The van der Waals surface area contributed by atoms with Crippen LogP contribution in [0.2, 0.25) is 0 Å². The van der Waals surface area contributed by atoms with Crippen molar-refractivity contribution in [2.45, 2.75) is 70.6 Å². The molecule has 0 heterocycles. The van der Waals surface area contributed by atoms with Gasteiger partial charge in [0.15, 0.2) is 5.96 Å². The molecule has 0 saturated carbocycles. The highest BCUT2D eigenvalue weighted by molar-refractivity contribution is 5.94. The molecule has 0 fully saturated rings. The summed E-state index contributed by atoms with van der Waals surface area (Å²) in [4.78, 5) is 63.5. The maximum Gasteiger partial charge on any atom is 0.326 e. The van der Waals surface area contributed by atoms with E-state index in [2.05, 4.69) is 20.9 Å². The summed E-state index contributed by atoms with van der Waals surface area (Å²) < 4.78 is 0. The third-order valence-corrected chi connectivity index (χ3v) is 4.50. The van der Waals surface area contributed by atoms with E-state index in [4.69, 9.17) is 22.3 Å². The minimum absolute atomic E-state index is 0.0473. The molecule has 33 heavy (non-hydrogen) atoms. The van der Waals surface area contributed by atoms with E-state index >= 15 is 0 Å². The van der Waals surface area contributed by atoms with E-state index in [1.807, 2.05) is 0 Å². The van der Waals surface area contributed by atoms with Gasteiger partial charge in [0.05, 0.1) is 6.04 Å². The van der Waals surface area contributed by atoms with Crippen molar-refractivity contribution in [1.29, 1.82) is 0 Å². The number of carbonyl (C=O) groups excluding carboxylic acids is 3. The quantitative estimate of drug-likeness (QED) is 0.0701. The van der Waals surface area contributed by atoms with Crippen molar-refractivity contribution in [3.63, 3.8) is 0 Å². The van der Waals surface area contributed by atoms with E-state index in [1.54, 1.807) is 13.8 Å². The van der Waals surface area contributed by atoms with Gasteiger partial charge >= 0.3 is 11.9 Å². The van der Waals surface area contributed by atoms with Crippen molar-refractivity contribution in [2.24, 2.45) is 28.1 Å². The Morgan fingerprint density at radius 2 is 1.42 bits per heavy atom. The van der Waals surface area contributed by atoms with Crippen molar-refractivity contribution < 1.29 is 34.2 Å². The second kappa shape index (κ2) is 14.6. The number of hydrogen-bond donors (Lipinski definition) is 8. The van der Waals surface area contributed by atoms with Gasteiger partial charge in [-0.15, -0.1) is 0 Å². The number of amides is 3. The van der Waals surface area contributed by atoms with Crippen LogP contribution in [-0.4, -0.2) is 76.5 Å². The molecule has 3 amide bonds. The fourth-order valence-corrected chi connectivity index (χ4v) is 2.65. The molecule has 11 N–H and O–H groups in total. The number of carbonyl (C=O) groups is 5. The third kappa shape index (κ3) is 12.3. The van der Waals surface area contributed by atoms with Crippen LogP contribution >= 0.6 is 0 Å². The number of aliphatic carboxylic acids is 2. The molecule has 0 aliphatic rings. The zero-order valence-electron chi connectivity index (χ0n) is 19.0. The first-order chi connectivity index (χ1) is 15.3. The number of nitrogens with two attached hydrogens (primary N) is 3. The van der Waals surface area contributed by atoms with Crippen molar-refractivity contribution in [2.75, 3.05) is 6.54 Å². The van der Waals surface area contributed by atoms with Crippen LogP contribution in [0, 0.1) is 5.92 Å². The lowest BCUT2D eigenvalue weighted by molar-refractivity contribution is -0.143. The molecule has 0 aromatic rings. The van der Waals surface area contributed by atoms with Crippen LogP contribution in [0.15, 0.2) is 4.99 Å². The normalized spacial score (nSPS) is 14.3. The molecular weight excluding hydrogens is 438 g/mol. The molecule has 14 heteroatoms. The number of aliphatic imine (C=N–C) groups is 1. The van der Waals surface area contributed by atoms with Crippen molar-refractivity contribution in [1.82, 2.24) is 16.0 Å². The van der Waals surface area contributed by atoms with Gasteiger partial charge in [0.25, 0.3) is 0 Å². The molecule has 188 valence electrons. The molecule has 0 aliphatic heterocycles. The molecule has 0 spiro atoms. The molecule has 0 aromatic heterocycles. The van der Waals surface area contributed by atoms with E-state index < -0.39 is 60.2 Å². The number of rotatable bonds is 15. The summed E-state index contributed by atoms with van der Waals surface area (Å²) in [5.41, 5.74) is 16.1. The van der Waals surface area contributed by atoms with Gasteiger partial charge in [-0.05, 0) is 32.1 Å². The number of carboxylic acid groups (broad SMARTS) is 2. The maximum atomic E-state index is 12.8. The molecule has 0 aliphatic carbocycles. The van der Waals surface area contributed by atoms with Gasteiger partial charge in [0.2, 0.25) is 17.7 Å². The summed E-state index contributed by atoms with van der Waals surface area (Å²) in [6.45, 7) is 4.98. The summed E-state index contributed by atoms with van der Waals surface area (Å²) in [5, 5.41) is 25.3. The van der Waals surface area contributed by atoms with Crippen molar-refractivity contribution >= 4 is 35.6 Å². The lowest BCUT2D eigenvalue weighted by Crippen LogP contribution is -2.58. The van der Waals surface area contributed by atoms with Crippen LogP contribution in [0.4, 0.5) is 0 Å². The highest BCUT2D eigenvalue weighted by atomic mass is 16.4. The van der Waals surface area contributed by atoms with Gasteiger partial charge in [-0.1, -0.05) is 13.8 Å². The topological polar surface area (TPSA) is 252 Å². The summed E-state index contributed by atoms with van der Waals surface area (Å²) in [7, 11) is 0. The minimum Gasteiger partial charge on any atom is -0.481 e. The van der Waals surface area contributed by atoms with E-state index in [-0.39, 0.29) is 37.7 Å². The molecule has 0 bridgehead atoms. The first-order valence-electron chi connectivity index (χ1n) is 10.4. The van der Waals surface area contributed by atoms with Crippen LogP contribution in [0.5, 0.6) is 0 Å². The standard InChI is InChI=1S/C19H35N7O7/c1-9(2)14(26-15(29)10(3)20)17(31)24-11(5-4-8-23-19(21)22)16(30)25-12(18(32)33)6-7-13(27)28/h9-12,14H,4-8,20H2,1-3H3,(H,24,31)(H,25,30)(H,26,29)(H,27,28)(H,32,33)(H4,21,22,23).